The van der Waals surface area contributed by atoms with Gasteiger partial charge in [-0.15, -0.1) is 12.8 Å². The zero-order chi connectivity index (χ0) is 39.0. The summed E-state index contributed by atoms with van der Waals surface area (Å²) >= 11 is 0. The van der Waals surface area contributed by atoms with Gasteiger partial charge in [0, 0.05) is 34.4 Å². The maximum Gasteiger partial charge on any atom is 0.142 e. The average Bonchev–Trinajstić information content (AvgIpc) is 3.72. The van der Waals surface area contributed by atoms with Crippen molar-refractivity contribution in [2.24, 2.45) is 0 Å². The van der Waals surface area contributed by atoms with E-state index in [-0.39, 0.29) is 0 Å². The van der Waals surface area contributed by atoms with E-state index >= 15 is 0 Å². The smallest absolute Gasteiger partial charge is 0.142 e. The SMILES string of the molecule is C#C.C1=Cc2oc3c(-c4ccc5c(c4)C/C=C\C=C/CN5c4ccc(-c5c6ccccc6c(-c6ccc7ccccc7c6)c6ccccc56)cc4)cccc3c2CC1. The van der Waals surface area contributed by atoms with Crippen LogP contribution in [-0.4, -0.2) is 6.54 Å². The summed E-state index contributed by atoms with van der Waals surface area (Å²) in [5.41, 5.74) is 13.4. The van der Waals surface area contributed by atoms with Gasteiger partial charge in [-0.05, 0) is 121 Å². The van der Waals surface area contributed by atoms with Crippen molar-refractivity contribution in [1.82, 2.24) is 0 Å². The molecule has 0 amide bonds. The number of fused-ring (bicyclic) bond motifs is 7. The Balaban J connectivity index is 0.00000201. The minimum atomic E-state index is 0.773. The lowest BCUT2D eigenvalue weighted by atomic mass is 9.85. The third kappa shape index (κ3) is 6.01. The molecule has 0 N–H and O–H groups in total. The molecule has 2 aliphatic rings. The Labute approximate surface area is 339 Å². The Morgan fingerprint density at radius 3 is 1.91 bits per heavy atom. The molecule has 8 aromatic carbocycles. The van der Waals surface area contributed by atoms with Crippen molar-refractivity contribution in [3.8, 4) is 46.2 Å². The van der Waals surface area contributed by atoms with Crippen molar-refractivity contribution in [3.05, 3.63) is 199 Å². The number of rotatable bonds is 4. The first-order valence-corrected chi connectivity index (χ1v) is 20.1. The lowest BCUT2D eigenvalue weighted by Gasteiger charge is -2.27. The number of hydrogen-bond acceptors (Lipinski definition) is 2. The Morgan fingerprint density at radius 1 is 0.517 bits per heavy atom. The van der Waals surface area contributed by atoms with Crippen molar-refractivity contribution >= 4 is 60.7 Å². The van der Waals surface area contributed by atoms with E-state index in [1.54, 1.807) is 0 Å². The van der Waals surface area contributed by atoms with Crippen LogP contribution >= 0.6 is 0 Å². The van der Waals surface area contributed by atoms with Crippen molar-refractivity contribution in [3.63, 3.8) is 0 Å². The molecule has 0 bridgehead atoms. The van der Waals surface area contributed by atoms with Crippen LogP contribution < -0.4 is 4.90 Å². The Bertz CT molecular complexity index is 3080. The Kier molecular flexibility index (Phi) is 9.05. The van der Waals surface area contributed by atoms with Crippen LogP contribution in [-0.2, 0) is 12.8 Å². The van der Waals surface area contributed by atoms with Crippen LogP contribution in [0.15, 0.2) is 186 Å². The summed E-state index contributed by atoms with van der Waals surface area (Å²) in [5, 5.41) is 8.82. The zero-order valence-corrected chi connectivity index (χ0v) is 32.2. The monoisotopic (exact) mass is 743 g/mol. The van der Waals surface area contributed by atoms with E-state index in [0.29, 0.717) is 0 Å². The predicted molar refractivity (Wildman–Crippen MR) is 248 cm³/mol. The number of benzene rings is 8. The third-order valence-electron chi connectivity index (χ3n) is 11.8. The lowest BCUT2D eigenvalue weighted by molar-refractivity contribution is 0.596. The highest BCUT2D eigenvalue weighted by atomic mass is 16.3. The first-order chi connectivity index (χ1) is 28.8. The van der Waals surface area contributed by atoms with Crippen LogP contribution in [0.25, 0.3) is 82.7 Å². The number of allylic oxidation sites excluding steroid dienone is 4. The summed E-state index contributed by atoms with van der Waals surface area (Å²) in [6, 6.07) is 56.1. The van der Waals surface area contributed by atoms with Gasteiger partial charge in [0.05, 0.1) is 0 Å². The minimum absolute atomic E-state index is 0.773. The van der Waals surface area contributed by atoms with Crippen LogP contribution in [0.4, 0.5) is 11.4 Å². The topological polar surface area (TPSA) is 16.4 Å². The molecule has 2 heteroatoms. The predicted octanol–water partition coefficient (Wildman–Crippen LogP) is 14.9. The number of nitrogens with zero attached hydrogens (tertiary/aromatic N) is 1. The molecule has 9 aromatic rings. The Morgan fingerprint density at radius 2 is 1.16 bits per heavy atom. The van der Waals surface area contributed by atoms with Gasteiger partial charge < -0.3 is 9.32 Å². The number of terminal acetylenes is 1. The highest BCUT2D eigenvalue weighted by Crippen LogP contribution is 2.45. The van der Waals surface area contributed by atoms with Gasteiger partial charge in [-0.2, -0.15) is 0 Å². The first kappa shape index (κ1) is 35.1. The second kappa shape index (κ2) is 15.0. The molecule has 0 atom stereocenters. The second-order valence-electron chi connectivity index (χ2n) is 15.0. The van der Waals surface area contributed by atoms with Crippen molar-refractivity contribution in [1.29, 1.82) is 0 Å². The van der Waals surface area contributed by atoms with E-state index in [0.717, 1.165) is 42.7 Å². The maximum atomic E-state index is 6.50. The molecule has 2 heterocycles. The van der Waals surface area contributed by atoms with Crippen LogP contribution in [0.5, 0.6) is 0 Å². The molecule has 0 spiro atoms. The summed E-state index contributed by atoms with van der Waals surface area (Å²) in [7, 11) is 0. The fraction of sp³-hybridized carbons (Fsp3) is 0.0714. The van der Waals surface area contributed by atoms with E-state index in [1.807, 2.05) is 0 Å². The largest absolute Gasteiger partial charge is 0.456 e. The average molecular weight is 744 g/mol. The molecular formula is C56H41NO. The van der Waals surface area contributed by atoms with Crippen molar-refractivity contribution < 1.29 is 4.42 Å². The minimum Gasteiger partial charge on any atom is -0.456 e. The number of hydrogen-bond donors (Lipinski definition) is 0. The van der Waals surface area contributed by atoms with Gasteiger partial charge in [0.25, 0.3) is 0 Å². The van der Waals surface area contributed by atoms with Crippen LogP contribution in [0.3, 0.4) is 0 Å². The molecular weight excluding hydrogens is 703 g/mol. The second-order valence-corrected chi connectivity index (χ2v) is 15.0. The van der Waals surface area contributed by atoms with Crippen molar-refractivity contribution in [2.75, 3.05) is 11.4 Å². The van der Waals surface area contributed by atoms with E-state index in [4.69, 9.17) is 4.42 Å². The first-order valence-electron chi connectivity index (χ1n) is 20.1. The molecule has 0 saturated heterocycles. The van der Waals surface area contributed by atoms with Gasteiger partial charge in [0.2, 0.25) is 0 Å². The number of aryl methyl sites for hydroxylation is 1. The third-order valence-corrected chi connectivity index (χ3v) is 11.8. The quantitative estimate of drug-likeness (QED) is 0.132. The molecule has 0 fully saturated rings. The standard InChI is InChI=1S/C54H39NO.C2H2/c1-2-12-33-55(50-32-29-39(35-40(50)16-3-1)43-22-13-23-49-44-17-10-11-24-51(44)56-54(43)49)42-30-27-37(28-31-42)52-45-18-6-8-20-47(45)53(48-21-9-7-19-46(48)52)41-26-25-36-14-4-5-15-38(36)34-41;1-2/h1-9,11-15,18-32,34-35H,10,16-17,33H2;1-2H/b3-1-,12-2-;. The fourth-order valence-corrected chi connectivity index (χ4v) is 9.17. The summed E-state index contributed by atoms with van der Waals surface area (Å²) in [6.45, 7) is 0.773. The molecule has 0 saturated carbocycles. The molecule has 2 nitrogen and oxygen atoms in total. The van der Waals surface area contributed by atoms with Gasteiger partial charge >= 0.3 is 0 Å². The van der Waals surface area contributed by atoms with Gasteiger partial charge in [-0.25, -0.2) is 0 Å². The van der Waals surface area contributed by atoms with Crippen molar-refractivity contribution in [2.45, 2.75) is 19.3 Å². The van der Waals surface area contributed by atoms with Gasteiger partial charge in [0.15, 0.2) is 0 Å². The van der Waals surface area contributed by atoms with Crippen LogP contribution in [0.1, 0.15) is 23.3 Å². The fourth-order valence-electron chi connectivity index (χ4n) is 9.17. The molecule has 276 valence electrons. The van der Waals surface area contributed by atoms with E-state index in [9.17, 15) is 0 Å². The van der Waals surface area contributed by atoms with E-state index in [2.05, 4.69) is 206 Å². The highest BCUT2D eigenvalue weighted by Gasteiger charge is 2.21. The number of para-hydroxylation sites is 1. The lowest BCUT2D eigenvalue weighted by Crippen LogP contribution is -2.18. The van der Waals surface area contributed by atoms with Crippen LogP contribution in [0, 0.1) is 12.8 Å². The molecule has 58 heavy (non-hydrogen) atoms. The number of furan rings is 1. The Hall–Kier alpha value is -7.34. The normalized spacial score (nSPS) is 14.6. The molecule has 11 rings (SSSR count). The van der Waals surface area contributed by atoms with Gasteiger partial charge in [0.1, 0.15) is 11.3 Å². The summed E-state index contributed by atoms with van der Waals surface area (Å²) < 4.78 is 6.50. The maximum absolute atomic E-state index is 6.50. The molecule has 1 aliphatic carbocycles. The summed E-state index contributed by atoms with van der Waals surface area (Å²) in [5.74, 6) is 1.01. The molecule has 0 unspecified atom stereocenters. The molecule has 1 aliphatic heterocycles. The highest BCUT2D eigenvalue weighted by molar-refractivity contribution is 6.21. The van der Waals surface area contributed by atoms with Gasteiger partial charge in [-0.1, -0.05) is 152 Å². The zero-order valence-electron chi connectivity index (χ0n) is 32.2. The summed E-state index contributed by atoms with van der Waals surface area (Å²) in [6.07, 6.45) is 24.2. The number of anilines is 2. The molecule has 1 aromatic heterocycles. The van der Waals surface area contributed by atoms with E-state index < -0.39 is 0 Å². The van der Waals surface area contributed by atoms with Crippen LogP contribution in [0.2, 0.25) is 0 Å². The van der Waals surface area contributed by atoms with E-state index in [1.165, 1.54) is 88.0 Å². The summed E-state index contributed by atoms with van der Waals surface area (Å²) in [4.78, 5) is 2.45. The molecule has 0 radical (unpaired) electrons. The van der Waals surface area contributed by atoms with Gasteiger partial charge in [-0.3, -0.25) is 0 Å².